The van der Waals surface area contributed by atoms with Crippen molar-refractivity contribution in [2.24, 2.45) is 0 Å². The fourth-order valence-corrected chi connectivity index (χ4v) is 1.94. The zero-order chi connectivity index (χ0) is 10.7. The summed E-state index contributed by atoms with van der Waals surface area (Å²) in [6, 6.07) is 10.3. The van der Waals surface area contributed by atoms with Crippen LogP contribution < -0.4 is 0 Å². The maximum Gasteiger partial charge on any atom is 0.202 e. The van der Waals surface area contributed by atoms with Crippen LogP contribution in [0.4, 0.5) is 0 Å². The normalized spacial score (nSPS) is 10.5. The molecule has 0 amide bonds. The van der Waals surface area contributed by atoms with Crippen molar-refractivity contribution in [3.8, 4) is 0 Å². The predicted molar refractivity (Wildman–Crippen MR) is 62.2 cm³/mol. The molecule has 0 atom stereocenters. The number of hydrogen-bond acceptors (Lipinski definition) is 1. The van der Waals surface area contributed by atoms with E-state index >= 15 is 0 Å². The molecule has 1 heterocycles. The second kappa shape index (κ2) is 4.49. The van der Waals surface area contributed by atoms with Gasteiger partial charge < -0.3 is 4.57 Å². The van der Waals surface area contributed by atoms with E-state index in [1.54, 1.807) is 0 Å². The Bertz CT molecular complexity index is 434. The van der Waals surface area contributed by atoms with E-state index in [1.165, 1.54) is 5.56 Å². The summed E-state index contributed by atoms with van der Waals surface area (Å²) >= 11 is 5.96. The molecular formula is C12H13ClN2. The first-order valence-electron chi connectivity index (χ1n) is 5.05. The lowest BCUT2D eigenvalue weighted by molar-refractivity contribution is 0.724. The lowest BCUT2D eigenvalue weighted by Crippen LogP contribution is -2.01. The zero-order valence-corrected chi connectivity index (χ0v) is 9.41. The quantitative estimate of drug-likeness (QED) is 0.777. The van der Waals surface area contributed by atoms with Crippen molar-refractivity contribution in [2.75, 3.05) is 0 Å². The first-order valence-corrected chi connectivity index (χ1v) is 5.43. The van der Waals surface area contributed by atoms with Gasteiger partial charge in [0.05, 0.1) is 6.20 Å². The van der Waals surface area contributed by atoms with Gasteiger partial charge in [0.25, 0.3) is 0 Å². The maximum absolute atomic E-state index is 5.96. The van der Waals surface area contributed by atoms with E-state index in [1.807, 2.05) is 29.0 Å². The van der Waals surface area contributed by atoms with E-state index in [0.29, 0.717) is 5.28 Å². The van der Waals surface area contributed by atoms with Gasteiger partial charge in [-0.15, -0.1) is 0 Å². The molecule has 1 aromatic heterocycles. The lowest BCUT2D eigenvalue weighted by Gasteiger charge is -2.05. The summed E-state index contributed by atoms with van der Waals surface area (Å²) in [5, 5.41) is 0.573. The molecule has 78 valence electrons. The average molecular weight is 221 g/mol. The Morgan fingerprint density at radius 2 is 2.00 bits per heavy atom. The highest BCUT2D eigenvalue weighted by Gasteiger charge is 2.06. The largest absolute Gasteiger partial charge is 0.319 e. The maximum atomic E-state index is 5.96. The molecule has 0 unspecified atom stereocenters. The second-order valence-corrected chi connectivity index (χ2v) is 3.76. The van der Waals surface area contributed by atoms with Crippen LogP contribution in [0, 0.1) is 0 Å². The van der Waals surface area contributed by atoms with Gasteiger partial charge in [0, 0.05) is 18.7 Å². The SMILES string of the molecule is CCn1c(Cc2ccccc2)cnc1Cl. The summed E-state index contributed by atoms with van der Waals surface area (Å²) in [6.07, 6.45) is 2.73. The molecule has 0 spiro atoms. The van der Waals surface area contributed by atoms with Crippen LogP contribution in [-0.2, 0) is 13.0 Å². The smallest absolute Gasteiger partial charge is 0.202 e. The molecular weight excluding hydrogens is 208 g/mol. The van der Waals surface area contributed by atoms with E-state index in [4.69, 9.17) is 11.6 Å². The minimum absolute atomic E-state index is 0.573. The third-order valence-corrected chi connectivity index (χ3v) is 2.74. The summed E-state index contributed by atoms with van der Waals surface area (Å²) in [4.78, 5) is 4.11. The highest BCUT2D eigenvalue weighted by atomic mass is 35.5. The van der Waals surface area contributed by atoms with Crippen LogP contribution in [0.2, 0.25) is 5.28 Å². The first kappa shape index (κ1) is 10.2. The van der Waals surface area contributed by atoms with Gasteiger partial charge in [-0.25, -0.2) is 4.98 Å². The number of benzene rings is 1. The fourth-order valence-electron chi connectivity index (χ4n) is 1.67. The molecule has 2 aromatic rings. The minimum Gasteiger partial charge on any atom is -0.319 e. The van der Waals surface area contributed by atoms with Crippen molar-refractivity contribution in [2.45, 2.75) is 19.9 Å². The summed E-state index contributed by atoms with van der Waals surface area (Å²) in [7, 11) is 0. The van der Waals surface area contributed by atoms with Crippen molar-refractivity contribution < 1.29 is 0 Å². The highest BCUT2D eigenvalue weighted by molar-refractivity contribution is 6.28. The van der Waals surface area contributed by atoms with Crippen LogP contribution in [-0.4, -0.2) is 9.55 Å². The van der Waals surface area contributed by atoms with Crippen molar-refractivity contribution in [3.05, 3.63) is 53.1 Å². The highest BCUT2D eigenvalue weighted by Crippen LogP contribution is 2.14. The van der Waals surface area contributed by atoms with Gasteiger partial charge in [-0.1, -0.05) is 30.3 Å². The van der Waals surface area contributed by atoms with Crippen LogP contribution >= 0.6 is 11.6 Å². The third-order valence-electron chi connectivity index (χ3n) is 2.43. The predicted octanol–water partition coefficient (Wildman–Crippen LogP) is 3.15. The number of hydrogen-bond donors (Lipinski definition) is 0. The van der Waals surface area contributed by atoms with E-state index < -0.39 is 0 Å². The average Bonchev–Trinajstić information content (AvgIpc) is 2.61. The van der Waals surface area contributed by atoms with Crippen LogP contribution in [0.25, 0.3) is 0 Å². The molecule has 0 bridgehead atoms. The van der Waals surface area contributed by atoms with Crippen molar-refractivity contribution in [3.63, 3.8) is 0 Å². The molecule has 0 aliphatic rings. The Balaban J connectivity index is 2.25. The number of nitrogens with zero attached hydrogens (tertiary/aromatic N) is 2. The Hall–Kier alpha value is -1.28. The molecule has 0 saturated carbocycles. The topological polar surface area (TPSA) is 17.8 Å². The summed E-state index contributed by atoms with van der Waals surface area (Å²) in [5.74, 6) is 0. The third kappa shape index (κ3) is 2.21. The number of imidazole rings is 1. The van der Waals surface area contributed by atoms with Crippen molar-refractivity contribution >= 4 is 11.6 Å². The van der Waals surface area contributed by atoms with E-state index in [-0.39, 0.29) is 0 Å². The Morgan fingerprint density at radius 3 is 2.67 bits per heavy atom. The molecule has 1 aromatic carbocycles. The van der Waals surface area contributed by atoms with Gasteiger partial charge in [-0.05, 0) is 24.1 Å². The van der Waals surface area contributed by atoms with E-state index in [2.05, 4.69) is 24.0 Å². The molecule has 0 saturated heterocycles. The standard InChI is InChI=1S/C12H13ClN2/c1-2-15-11(9-14-12(15)13)8-10-6-4-3-5-7-10/h3-7,9H,2,8H2,1H3. The van der Waals surface area contributed by atoms with Crippen LogP contribution in [0.3, 0.4) is 0 Å². The molecule has 0 radical (unpaired) electrons. The van der Waals surface area contributed by atoms with Gasteiger partial charge in [0.1, 0.15) is 0 Å². The fraction of sp³-hybridized carbons (Fsp3) is 0.250. The van der Waals surface area contributed by atoms with Crippen molar-refractivity contribution in [1.82, 2.24) is 9.55 Å². The molecule has 2 rings (SSSR count). The van der Waals surface area contributed by atoms with Gasteiger partial charge >= 0.3 is 0 Å². The van der Waals surface area contributed by atoms with Crippen LogP contribution in [0.15, 0.2) is 36.5 Å². The molecule has 15 heavy (non-hydrogen) atoms. The molecule has 0 aliphatic carbocycles. The van der Waals surface area contributed by atoms with E-state index in [9.17, 15) is 0 Å². The molecule has 2 nitrogen and oxygen atoms in total. The zero-order valence-electron chi connectivity index (χ0n) is 8.65. The molecule has 0 aliphatic heterocycles. The molecule has 3 heteroatoms. The molecule has 0 N–H and O–H groups in total. The second-order valence-electron chi connectivity index (χ2n) is 3.43. The lowest BCUT2D eigenvalue weighted by atomic mass is 10.1. The first-order chi connectivity index (χ1) is 7.31. The van der Waals surface area contributed by atoms with Gasteiger partial charge in [0.15, 0.2) is 0 Å². The summed E-state index contributed by atoms with van der Waals surface area (Å²) in [6.45, 7) is 2.93. The van der Waals surface area contributed by atoms with Gasteiger partial charge in [-0.2, -0.15) is 0 Å². The number of rotatable bonds is 3. The Morgan fingerprint density at radius 1 is 1.27 bits per heavy atom. The Kier molecular flexibility index (Phi) is 3.07. The molecule has 0 fully saturated rings. The summed E-state index contributed by atoms with van der Waals surface area (Å²) < 4.78 is 2.02. The number of aromatic nitrogens is 2. The number of halogens is 1. The van der Waals surface area contributed by atoms with Gasteiger partial charge in [-0.3, -0.25) is 0 Å². The van der Waals surface area contributed by atoms with Gasteiger partial charge in [0.2, 0.25) is 5.28 Å². The minimum atomic E-state index is 0.573. The van der Waals surface area contributed by atoms with Crippen LogP contribution in [0.5, 0.6) is 0 Å². The van der Waals surface area contributed by atoms with Crippen LogP contribution in [0.1, 0.15) is 18.2 Å². The Labute approximate surface area is 94.5 Å². The summed E-state index contributed by atoms with van der Waals surface area (Å²) in [5.41, 5.74) is 2.44. The monoisotopic (exact) mass is 220 g/mol. The van der Waals surface area contributed by atoms with E-state index in [0.717, 1.165) is 18.7 Å². The van der Waals surface area contributed by atoms with Crippen molar-refractivity contribution in [1.29, 1.82) is 0 Å².